The SMILES string of the molecule is COc1ccccc1OCCNC(=O)C[NH2+][C@@H](C)c1ccc(Cl)cc1. The van der Waals surface area contributed by atoms with Gasteiger partial charge in [-0.25, -0.2) is 0 Å². The van der Waals surface area contributed by atoms with Gasteiger partial charge in [-0.3, -0.25) is 4.79 Å². The fourth-order valence-corrected chi connectivity index (χ4v) is 2.47. The third kappa shape index (κ3) is 6.29. The second-order valence-corrected chi connectivity index (χ2v) is 6.07. The number of carbonyl (C=O) groups excluding carboxylic acids is 1. The molecule has 0 spiro atoms. The normalized spacial score (nSPS) is 11.6. The van der Waals surface area contributed by atoms with Crippen LogP contribution in [-0.2, 0) is 4.79 Å². The molecule has 0 bridgehead atoms. The van der Waals surface area contributed by atoms with E-state index in [9.17, 15) is 4.79 Å². The Morgan fingerprint density at radius 2 is 1.84 bits per heavy atom. The molecule has 5 nitrogen and oxygen atoms in total. The third-order valence-corrected chi connectivity index (χ3v) is 4.06. The molecule has 1 amide bonds. The van der Waals surface area contributed by atoms with Gasteiger partial charge in [0.15, 0.2) is 18.0 Å². The quantitative estimate of drug-likeness (QED) is 0.671. The second kappa shape index (κ2) is 9.91. The van der Waals surface area contributed by atoms with Crippen LogP contribution in [-0.4, -0.2) is 32.7 Å². The number of hydrogen-bond acceptors (Lipinski definition) is 3. The Morgan fingerprint density at radius 3 is 2.52 bits per heavy atom. The van der Waals surface area contributed by atoms with Crippen LogP contribution in [0.2, 0.25) is 5.02 Å². The number of para-hydroxylation sites is 2. The average molecular weight is 364 g/mol. The summed E-state index contributed by atoms with van der Waals surface area (Å²) in [4.78, 5) is 11.9. The maximum absolute atomic E-state index is 11.9. The molecule has 2 rings (SSSR count). The molecule has 2 aromatic carbocycles. The van der Waals surface area contributed by atoms with Crippen LogP contribution in [0.5, 0.6) is 11.5 Å². The van der Waals surface area contributed by atoms with Crippen molar-refractivity contribution >= 4 is 17.5 Å². The summed E-state index contributed by atoms with van der Waals surface area (Å²) in [6.45, 7) is 3.25. The lowest BCUT2D eigenvalue weighted by Crippen LogP contribution is -2.87. The molecule has 0 aliphatic rings. The van der Waals surface area contributed by atoms with Gasteiger partial charge in [-0.1, -0.05) is 35.9 Å². The molecular formula is C19H24ClN2O3+. The van der Waals surface area contributed by atoms with E-state index in [0.29, 0.717) is 36.2 Å². The first-order valence-electron chi connectivity index (χ1n) is 8.21. The Bertz CT molecular complexity index is 677. The lowest BCUT2D eigenvalue weighted by Gasteiger charge is -2.12. The van der Waals surface area contributed by atoms with Crippen LogP contribution >= 0.6 is 11.6 Å². The largest absolute Gasteiger partial charge is 0.493 e. The number of halogens is 1. The van der Waals surface area contributed by atoms with Crippen LogP contribution in [0.4, 0.5) is 0 Å². The van der Waals surface area contributed by atoms with E-state index in [2.05, 4.69) is 12.2 Å². The first-order chi connectivity index (χ1) is 12.1. The van der Waals surface area contributed by atoms with Crippen LogP contribution < -0.4 is 20.1 Å². The number of methoxy groups -OCH3 is 1. The van der Waals surface area contributed by atoms with Crippen LogP contribution in [0.1, 0.15) is 18.5 Å². The lowest BCUT2D eigenvalue weighted by atomic mass is 10.1. The monoisotopic (exact) mass is 363 g/mol. The fraction of sp³-hybridized carbons (Fsp3) is 0.316. The lowest BCUT2D eigenvalue weighted by molar-refractivity contribution is -0.682. The first kappa shape index (κ1) is 19.1. The van der Waals surface area contributed by atoms with Gasteiger partial charge >= 0.3 is 0 Å². The van der Waals surface area contributed by atoms with Crippen LogP contribution in [0, 0.1) is 0 Å². The molecule has 0 saturated heterocycles. The van der Waals surface area contributed by atoms with E-state index < -0.39 is 0 Å². The Labute approximate surface area is 153 Å². The van der Waals surface area contributed by atoms with Crippen molar-refractivity contribution in [3.63, 3.8) is 0 Å². The topological polar surface area (TPSA) is 64.2 Å². The summed E-state index contributed by atoms with van der Waals surface area (Å²) in [5, 5.41) is 5.55. The predicted octanol–water partition coefficient (Wildman–Crippen LogP) is 2.17. The van der Waals surface area contributed by atoms with Gasteiger partial charge in [0.05, 0.1) is 13.7 Å². The minimum Gasteiger partial charge on any atom is -0.493 e. The molecule has 0 unspecified atom stereocenters. The van der Waals surface area contributed by atoms with Gasteiger partial charge in [-0.05, 0) is 31.2 Å². The summed E-state index contributed by atoms with van der Waals surface area (Å²) in [6.07, 6.45) is 0. The highest BCUT2D eigenvalue weighted by Gasteiger charge is 2.11. The van der Waals surface area contributed by atoms with Crippen molar-refractivity contribution in [3.05, 3.63) is 59.1 Å². The zero-order chi connectivity index (χ0) is 18.1. The van der Waals surface area contributed by atoms with Gasteiger partial charge in [0.25, 0.3) is 5.91 Å². The van der Waals surface area contributed by atoms with Gasteiger partial charge in [0, 0.05) is 10.6 Å². The molecule has 0 aliphatic carbocycles. The molecule has 0 aliphatic heterocycles. The van der Waals surface area contributed by atoms with Gasteiger partial charge in [0.1, 0.15) is 12.6 Å². The average Bonchev–Trinajstić information content (AvgIpc) is 2.64. The van der Waals surface area contributed by atoms with Gasteiger partial charge in [-0.2, -0.15) is 0 Å². The molecule has 0 heterocycles. The smallest absolute Gasteiger partial charge is 0.275 e. The van der Waals surface area contributed by atoms with E-state index in [4.69, 9.17) is 21.1 Å². The molecule has 1 atom stereocenters. The summed E-state index contributed by atoms with van der Waals surface area (Å²) in [5.74, 6) is 1.32. The van der Waals surface area contributed by atoms with E-state index >= 15 is 0 Å². The molecule has 2 aromatic rings. The molecule has 0 radical (unpaired) electrons. The number of quaternary nitrogens is 1. The number of hydrogen-bond donors (Lipinski definition) is 2. The van der Waals surface area contributed by atoms with Crippen molar-refractivity contribution in [3.8, 4) is 11.5 Å². The van der Waals surface area contributed by atoms with E-state index in [1.165, 1.54) is 0 Å². The highest BCUT2D eigenvalue weighted by molar-refractivity contribution is 6.30. The number of rotatable bonds is 9. The van der Waals surface area contributed by atoms with Crippen LogP contribution in [0.3, 0.4) is 0 Å². The number of amides is 1. The van der Waals surface area contributed by atoms with Crippen LogP contribution in [0.15, 0.2) is 48.5 Å². The van der Waals surface area contributed by atoms with Gasteiger partial charge in [-0.15, -0.1) is 0 Å². The van der Waals surface area contributed by atoms with Crippen molar-refractivity contribution in [1.29, 1.82) is 0 Å². The standard InChI is InChI=1S/C19H23ClN2O3/c1-14(15-7-9-16(20)10-8-15)22-13-19(23)21-11-12-25-18-6-4-3-5-17(18)24-2/h3-10,14,22H,11-13H2,1-2H3,(H,21,23)/p+1/t14-/m0/s1. The summed E-state index contributed by atoms with van der Waals surface area (Å²) in [5.41, 5.74) is 1.14. The minimum atomic E-state index is -0.0237. The third-order valence-electron chi connectivity index (χ3n) is 3.80. The van der Waals surface area contributed by atoms with Crippen molar-refractivity contribution < 1.29 is 19.6 Å². The van der Waals surface area contributed by atoms with Crippen molar-refractivity contribution in [1.82, 2.24) is 5.32 Å². The summed E-state index contributed by atoms with van der Waals surface area (Å²) in [7, 11) is 1.60. The summed E-state index contributed by atoms with van der Waals surface area (Å²) < 4.78 is 10.8. The summed E-state index contributed by atoms with van der Waals surface area (Å²) in [6, 6.07) is 15.3. The van der Waals surface area contributed by atoms with E-state index in [1.54, 1.807) is 7.11 Å². The number of ether oxygens (including phenoxy) is 2. The molecule has 134 valence electrons. The maximum Gasteiger partial charge on any atom is 0.275 e. The zero-order valence-corrected chi connectivity index (χ0v) is 15.3. The molecule has 3 N–H and O–H groups in total. The Kier molecular flexibility index (Phi) is 7.57. The van der Waals surface area contributed by atoms with Crippen molar-refractivity contribution in [2.45, 2.75) is 13.0 Å². The zero-order valence-electron chi connectivity index (χ0n) is 14.5. The van der Waals surface area contributed by atoms with Crippen LogP contribution in [0.25, 0.3) is 0 Å². The molecule has 0 fully saturated rings. The minimum absolute atomic E-state index is 0.0237. The van der Waals surface area contributed by atoms with E-state index in [-0.39, 0.29) is 11.9 Å². The number of nitrogens with one attached hydrogen (secondary N) is 1. The summed E-state index contributed by atoms with van der Waals surface area (Å²) >= 11 is 5.88. The van der Waals surface area contributed by atoms with Gasteiger partial charge < -0.3 is 20.1 Å². The maximum atomic E-state index is 11.9. The molecular weight excluding hydrogens is 340 g/mol. The Balaban J connectivity index is 1.66. The molecule has 0 aromatic heterocycles. The molecule has 6 heteroatoms. The second-order valence-electron chi connectivity index (χ2n) is 5.63. The molecule has 25 heavy (non-hydrogen) atoms. The van der Waals surface area contributed by atoms with E-state index in [1.807, 2.05) is 53.8 Å². The van der Waals surface area contributed by atoms with E-state index in [0.717, 1.165) is 5.56 Å². The first-order valence-corrected chi connectivity index (χ1v) is 8.59. The number of nitrogens with two attached hydrogens (primary N) is 1. The highest BCUT2D eigenvalue weighted by Crippen LogP contribution is 2.25. The van der Waals surface area contributed by atoms with Crippen molar-refractivity contribution in [2.24, 2.45) is 0 Å². The predicted molar refractivity (Wildman–Crippen MR) is 98.2 cm³/mol. The Morgan fingerprint density at radius 1 is 1.16 bits per heavy atom. The van der Waals surface area contributed by atoms with Gasteiger partial charge in [0.2, 0.25) is 0 Å². The Hall–Kier alpha value is -2.24. The molecule has 0 saturated carbocycles. The fourth-order valence-electron chi connectivity index (χ4n) is 2.35. The number of carbonyl (C=O) groups is 1. The van der Waals surface area contributed by atoms with Crippen molar-refractivity contribution in [2.75, 3.05) is 26.8 Å². The highest BCUT2D eigenvalue weighted by atomic mass is 35.5. The number of benzene rings is 2.